The van der Waals surface area contributed by atoms with Crippen molar-refractivity contribution >= 4 is 38.4 Å². The van der Waals surface area contributed by atoms with E-state index in [-0.39, 0.29) is 0 Å². The summed E-state index contributed by atoms with van der Waals surface area (Å²) in [6.07, 6.45) is 5.90. The number of rotatable bonds is 5. The molecule has 0 amide bonds. The molecular weight excluding hydrogens is 518 g/mol. The second-order valence-corrected chi connectivity index (χ2v) is 10.9. The quantitative estimate of drug-likeness (QED) is 0.155. The van der Waals surface area contributed by atoms with Gasteiger partial charge in [-0.05, 0) is 90.5 Å². The average Bonchev–Trinajstić information content (AvgIpc) is 3.06. The highest BCUT2D eigenvalue weighted by Gasteiger charge is 2.18. The van der Waals surface area contributed by atoms with Crippen molar-refractivity contribution in [1.82, 2.24) is 0 Å². The molecule has 1 nitrogen and oxygen atoms in total. The van der Waals surface area contributed by atoms with E-state index in [0.29, 0.717) is 5.56 Å². The van der Waals surface area contributed by atoms with E-state index in [0.717, 1.165) is 16.3 Å². The smallest absolute Gasteiger partial charge is 0.0998 e. The van der Waals surface area contributed by atoms with Crippen LogP contribution in [0.3, 0.4) is 0 Å². The molecule has 0 aliphatic heterocycles. The number of hydrogen-bond donors (Lipinski definition) is 0. The van der Waals surface area contributed by atoms with Gasteiger partial charge in [-0.3, -0.25) is 0 Å². The standard InChI is InChI=1S/C42H29N/c1-3-4-11-31-26-32(19-18-28(31)2)29-20-22-30(23-21-29)41-36-14-7-9-16-38(36)42(39-17-10-8-15-37(39)41)40-25-24-33(27-43)34-12-5-6-13-35(34)40/h3-26H,1H2,2H3/b11-4-. The summed E-state index contributed by atoms with van der Waals surface area (Å²) in [6, 6.07) is 47.7. The molecule has 0 atom stereocenters. The van der Waals surface area contributed by atoms with Crippen LogP contribution in [0.2, 0.25) is 0 Å². The Hall–Kier alpha value is -5.71. The number of nitriles is 1. The van der Waals surface area contributed by atoms with Crippen LogP contribution in [0.15, 0.2) is 146 Å². The number of benzene rings is 7. The first-order valence-corrected chi connectivity index (χ1v) is 14.5. The number of allylic oxidation sites excluding steroid dienone is 2. The van der Waals surface area contributed by atoms with E-state index in [2.05, 4.69) is 135 Å². The Bertz CT molecular complexity index is 2200. The minimum absolute atomic E-state index is 0.696. The van der Waals surface area contributed by atoms with Crippen LogP contribution < -0.4 is 0 Å². The van der Waals surface area contributed by atoms with Gasteiger partial charge in [0.25, 0.3) is 0 Å². The minimum atomic E-state index is 0.696. The lowest BCUT2D eigenvalue weighted by Crippen LogP contribution is -1.92. The number of aryl methyl sites for hydroxylation is 1. The third-order valence-corrected chi connectivity index (χ3v) is 8.44. The molecule has 0 bridgehead atoms. The highest BCUT2D eigenvalue weighted by molar-refractivity contribution is 6.23. The third-order valence-electron chi connectivity index (χ3n) is 8.44. The van der Waals surface area contributed by atoms with Crippen LogP contribution in [0.4, 0.5) is 0 Å². The zero-order chi connectivity index (χ0) is 29.3. The van der Waals surface area contributed by atoms with Gasteiger partial charge in [0.1, 0.15) is 0 Å². The van der Waals surface area contributed by atoms with Crippen molar-refractivity contribution in [1.29, 1.82) is 5.26 Å². The number of hydrogen-bond acceptors (Lipinski definition) is 1. The van der Waals surface area contributed by atoms with Gasteiger partial charge in [0.15, 0.2) is 0 Å². The first-order valence-electron chi connectivity index (χ1n) is 14.5. The van der Waals surface area contributed by atoms with Crippen molar-refractivity contribution in [3.8, 4) is 39.4 Å². The molecular formula is C42H29N. The van der Waals surface area contributed by atoms with Crippen LogP contribution in [0.25, 0.3) is 71.8 Å². The fourth-order valence-corrected chi connectivity index (χ4v) is 6.34. The van der Waals surface area contributed by atoms with E-state index in [1.54, 1.807) is 0 Å². The van der Waals surface area contributed by atoms with Crippen molar-refractivity contribution in [2.75, 3.05) is 0 Å². The van der Waals surface area contributed by atoms with E-state index in [9.17, 15) is 5.26 Å². The van der Waals surface area contributed by atoms with Gasteiger partial charge in [-0.2, -0.15) is 5.26 Å². The molecule has 43 heavy (non-hydrogen) atoms. The maximum Gasteiger partial charge on any atom is 0.0998 e. The largest absolute Gasteiger partial charge is 0.192 e. The Balaban J connectivity index is 1.45. The van der Waals surface area contributed by atoms with Crippen molar-refractivity contribution in [2.45, 2.75) is 6.92 Å². The lowest BCUT2D eigenvalue weighted by atomic mass is 9.84. The molecule has 202 valence electrons. The van der Waals surface area contributed by atoms with Crippen LogP contribution in [0.5, 0.6) is 0 Å². The summed E-state index contributed by atoms with van der Waals surface area (Å²) in [5.41, 5.74) is 10.3. The molecule has 1 heteroatoms. The Morgan fingerprint density at radius 2 is 1.09 bits per heavy atom. The SMILES string of the molecule is C=C/C=C\c1cc(-c2ccc(-c3c4ccccc4c(-c4ccc(C#N)c5ccccc45)c4ccccc34)cc2)ccc1C. The monoisotopic (exact) mass is 547 g/mol. The van der Waals surface area contributed by atoms with Crippen molar-refractivity contribution < 1.29 is 0 Å². The first-order chi connectivity index (χ1) is 21.2. The molecule has 0 spiro atoms. The fourth-order valence-electron chi connectivity index (χ4n) is 6.34. The maximum absolute atomic E-state index is 9.80. The molecule has 7 aromatic rings. The molecule has 7 aromatic carbocycles. The lowest BCUT2D eigenvalue weighted by molar-refractivity contribution is 1.44. The fraction of sp³-hybridized carbons (Fsp3) is 0.0238. The second-order valence-electron chi connectivity index (χ2n) is 10.9. The highest BCUT2D eigenvalue weighted by atomic mass is 14.3. The minimum Gasteiger partial charge on any atom is -0.192 e. The van der Waals surface area contributed by atoms with Gasteiger partial charge < -0.3 is 0 Å². The average molecular weight is 548 g/mol. The highest BCUT2D eigenvalue weighted by Crippen LogP contribution is 2.45. The zero-order valence-electron chi connectivity index (χ0n) is 24.0. The molecule has 7 rings (SSSR count). The molecule has 0 unspecified atom stereocenters. The summed E-state index contributed by atoms with van der Waals surface area (Å²) < 4.78 is 0. The van der Waals surface area contributed by atoms with Crippen LogP contribution in [-0.2, 0) is 0 Å². The molecule has 0 saturated carbocycles. The van der Waals surface area contributed by atoms with E-state index in [4.69, 9.17) is 0 Å². The van der Waals surface area contributed by atoms with E-state index < -0.39 is 0 Å². The summed E-state index contributed by atoms with van der Waals surface area (Å²) in [4.78, 5) is 0. The molecule has 0 N–H and O–H groups in total. The lowest BCUT2D eigenvalue weighted by Gasteiger charge is -2.19. The van der Waals surface area contributed by atoms with Gasteiger partial charge in [0, 0.05) is 5.39 Å². The van der Waals surface area contributed by atoms with Gasteiger partial charge in [-0.15, -0.1) is 0 Å². The normalized spacial score (nSPS) is 11.3. The van der Waals surface area contributed by atoms with Gasteiger partial charge in [-0.1, -0.05) is 140 Å². The Kier molecular flexibility index (Phi) is 6.66. The third kappa shape index (κ3) is 4.51. The van der Waals surface area contributed by atoms with E-state index in [1.165, 1.54) is 60.5 Å². The summed E-state index contributed by atoms with van der Waals surface area (Å²) in [7, 11) is 0. The van der Waals surface area contributed by atoms with Crippen LogP contribution in [-0.4, -0.2) is 0 Å². The van der Waals surface area contributed by atoms with Crippen molar-refractivity contribution in [3.05, 3.63) is 163 Å². The molecule has 0 heterocycles. The van der Waals surface area contributed by atoms with E-state index in [1.807, 2.05) is 30.4 Å². The number of fused-ring (bicyclic) bond motifs is 3. The maximum atomic E-state index is 9.80. The van der Waals surface area contributed by atoms with Gasteiger partial charge in [0.05, 0.1) is 11.6 Å². The van der Waals surface area contributed by atoms with Gasteiger partial charge in [-0.25, -0.2) is 0 Å². The number of nitrogens with zero attached hydrogens (tertiary/aromatic N) is 1. The second kappa shape index (κ2) is 10.9. The summed E-state index contributed by atoms with van der Waals surface area (Å²) in [6.45, 7) is 5.95. The van der Waals surface area contributed by atoms with Crippen molar-refractivity contribution in [3.63, 3.8) is 0 Å². The van der Waals surface area contributed by atoms with Crippen LogP contribution in [0.1, 0.15) is 16.7 Å². The first kappa shape index (κ1) is 26.2. The molecule has 0 radical (unpaired) electrons. The summed E-state index contributed by atoms with van der Waals surface area (Å²) >= 11 is 0. The molecule has 0 aliphatic carbocycles. The summed E-state index contributed by atoms with van der Waals surface area (Å²) in [5, 5.41) is 16.7. The van der Waals surface area contributed by atoms with Crippen LogP contribution >= 0.6 is 0 Å². The van der Waals surface area contributed by atoms with Gasteiger partial charge >= 0.3 is 0 Å². The Labute approximate surface area is 252 Å². The topological polar surface area (TPSA) is 23.8 Å². The zero-order valence-corrected chi connectivity index (χ0v) is 24.0. The molecule has 0 aromatic heterocycles. The van der Waals surface area contributed by atoms with Crippen molar-refractivity contribution in [2.24, 2.45) is 0 Å². The summed E-state index contributed by atoms with van der Waals surface area (Å²) in [5.74, 6) is 0. The molecule has 0 saturated heterocycles. The van der Waals surface area contributed by atoms with E-state index >= 15 is 0 Å². The molecule has 0 fully saturated rings. The molecule has 0 aliphatic rings. The van der Waals surface area contributed by atoms with Crippen LogP contribution in [0, 0.1) is 18.3 Å². The van der Waals surface area contributed by atoms with Gasteiger partial charge in [0.2, 0.25) is 0 Å². The Morgan fingerprint density at radius 1 is 0.558 bits per heavy atom. The predicted molar refractivity (Wildman–Crippen MR) is 184 cm³/mol. The Morgan fingerprint density at radius 3 is 1.70 bits per heavy atom. The predicted octanol–water partition coefficient (Wildman–Crippen LogP) is 11.5.